The Kier molecular flexibility index (Phi) is 5.61. The van der Waals surface area contributed by atoms with Gasteiger partial charge >= 0.3 is 0 Å². The zero-order chi connectivity index (χ0) is 17.7. The maximum atomic E-state index is 12.5. The number of Topliss-reactive ketones (excluding diaryl/α,β-unsaturated/α-hetero) is 1. The van der Waals surface area contributed by atoms with Crippen molar-refractivity contribution in [3.05, 3.63) is 52.0 Å². The summed E-state index contributed by atoms with van der Waals surface area (Å²) in [4.78, 5) is 29.9. The van der Waals surface area contributed by atoms with E-state index in [2.05, 4.69) is 4.98 Å². The quantitative estimate of drug-likeness (QED) is 0.474. The normalized spacial score (nSPS) is 11.0. The smallest absolute Gasteiger partial charge is 0.225 e. The van der Waals surface area contributed by atoms with Crippen LogP contribution in [0.5, 0.6) is 0 Å². The molecule has 0 unspecified atom stereocenters. The minimum absolute atomic E-state index is 0.0170. The number of carbonyl (C=O) groups excluding carboxylic acids is 2. The van der Waals surface area contributed by atoms with Gasteiger partial charge in [-0.2, -0.15) is 5.26 Å². The van der Waals surface area contributed by atoms with Crippen LogP contribution in [0.2, 0.25) is 0 Å². The maximum absolute atomic E-state index is 12.5. The molecule has 0 bridgehead atoms. The van der Waals surface area contributed by atoms with Crippen molar-refractivity contribution in [2.75, 3.05) is 11.4 Å². The number of nitriles is 1. The van der Waals surface area contributed by atoms with Crippen LogP contribution in [-0.2, 0) is 4.79 Å². The van der Waals surface area contributed by atoms with E-state index in [1.807, 2.05) is 26.0 Å². The molecule has 0 fully saturated rings. The first-order valence-electron chi connectivity index (χ1n) is 7.43. The van der Waals surface area contributed by atoms with Crippen molar-refractivity contribution in [1.82, 2.24) is 4.98 Å². The first-order valence-corrected chi connectivity index (χ1v) is 8.31. The molecule has 24 heavy (non-hydrogen) atoms. The number of ketones is 1. The fourth-order valence-electron chi connectivity index (χ4n) is 2.20. The number of thiazole rings is 1. The number of nitrogens with zero attached hydrogens (tertiary/aromatic N) is 3. The molecule has 2 rings (SSSR count). The van der Waals surface area contributed by atoms with Crippen LogP contribution in [0.3, 0.4) is 0 Å². The third-order valence-electron chi connectivity index (χ3n) is 3.37. The van der Waals surface area contributed by atoms with Gasteiger partial charge in [-0.25, -0.2) is 4.98 Å². The van der Waals surface area contributed by atoms with Gasteiger partial charge in [0.2, 0.25) is 11.7 Å². The van der Waals surface area contributed by atoms with Crippen molar-refractivity contribution in [1.29, 1.82) is 5.26 Å². The Morgan fingerprint density at radius 2 is 2.17 bits per heavy atom. The van der Waals surface area contributed by atoms with E-state index in [1.54, 1.807) is 23.6 Å². The summed E-state index contributed by atoms with van der Waals surface area (Å²) in [6, 6.07) is 9.04. The zero-order valence-corrected chi connectivity index (χ0v) is 14.6. The molecule has 5 nitrogen and oxygen atoms in total. The number of anilines is 1. The summed E-state index contributed by atoms with van der Waals surface area (Å²) in [6.07, 6.45) is 1.46. The molecule has 6 heteroatoms. The van der Waals surface area contributed by atoms with Gasteiger partial charge < -0.3 is 0 Å². The van der Waals surface area contributed by atoms with Crippen LogP contribution in [-0.4, -0.2) is 23.2 Å². The monoisotopic (exact) mass is 339 g/mol. The second-order valence-corrected chi connectivity index (χ2v) is 6.02. The number of amides is 1. The number of hydrogen-bond donors (Lipinski definition) is 0. The first-order chi connectivity index (χ1) is 11.5. The molecule has 0 aliphatic carbocycles. The van der Waals surface area contributed by atoms with E-state index in [4.69, 9.17) is 0 Å². The van der Waals surface area contributed by atoms with Crippen LogP contribution < -0.4 is 4.90 Å². The van der Waals surface area contributed by atoms with Crippen LogP contribution in [0.4, 0.5) is 5.13 Å². The van der Waals surface area contributed by atoms with Gasteiger partial charge in [0, 0.05) is 24.4 Å². The predicted octanol–water partition coefficient (Wildman–Crippen LogP) is 3.61. The molecule has 1 amide bonds. The van der Waals surface area contributed by atoms with Crippen LogP contribution in [0, 0.1) is 18.3 Å². The van der Waals surface area contributed by atoms with Crippen molar-refractivity contribution in [2.24, 2.45) is 0 Å². The number of aromatic nitrogens is 1. The highest BCUT2D eigenvalue weighted by Crippen LogP contribution is 2.22. The van der Waals surface area contributed by atoms with Gasteiger partial charge in [0.1, 0.15) is 11.6 Å². The van der Waals surface area contributed by atoms with Gasteiger partial charge in [-0.3, -0.25) is 14.5 Å². The highest BCUT2D eigenvalue weighted by molar-refractivity contribution is 7.14. The maximum Gasteiger partial charge on any atom is 0.225 e. The second kappa shape index (κ2) is 7.66. The van der Waals surface area contributed by atoms with Gasteiger partial charge in [-0.1, -0.05) is 23.8 Å². The van der Waals surface area contributed by atoms with E-state index in [0.29, 0.717) is 22.9 Å². The summed E-state index contributed by atoms with van der Waals surface area (Å²) >= 11 is 1.30. The lowest BCUT2D eigenvalue weighted by Gasteiger charge is -2.14. The van der Waals surface area contributed by atoms with Crippen molar-refractivity contribution in [2.45, 2.75) is 20.8 Å². The van der Waals surface area contributed by atoms with Crippen LogP contribution in [0.15, 0.2) is 35.2 Å². The van der Waals surface area contributed by atoms with E-state index >= 15 is 0 Å². The van der Waals surface area contributed by atoms with E-state index < -0.39 is 0 Å². The largest absolute Gasteiger partial charge is 0.289 e. The lowest BCUT2D eigenvalue weighted by molar-refractivity contribution is -0.116. The molecule has 0 spiro atoms. The van der Waals surface area contributed by atoms with Gasteiger partial charge in [-0.15, -0.1) is 11.3 Å². The molecule has 0 radical (unpaired) electrons. The molecule has 0 aliphatic heterocycles. The van der Waals surface area contributed by atoms with E-state index in [1.165, 1.54) is 29.2 Å². The third kappa shape index (κ3) is 3.94. The van der Waals surface area contributed by atoms with Crippen molar-refractivity contribution >= 4 is 34.2 Å². The number of hydrogen-bond acceptors (Lipinski definition) is 5. The Balaban J connectivity index is 2.31. The molecule has 0 saturated carbocycles. The standard InChI is InChI=1S/C18H17N3O2S/c1-4-21(13(3)22)18-20-16(11-24-18)9-15(10-19)17(23)14-7-5-6-12(2)8-14/h5-9,11H,4H2,1-3H3/b15-9+. The zero-order valence-electron chi connectivity index (χ0n) is 13.7. The van der Waals surface area contributed by atoms with Gasteiger partial charge in [0.05, 0.1) is 5.69 Å². The fraction of sp³-hybridized carbons (Fsp3) is 0.222. The van der Waals surface area contributed by atoms with Crippen molar-refractivity contribution in [3.63, 3.8) is 0 Å². The van der Waals surface area contributed by atoms with E-state index in [9.17, 15) is 14.9 Å². The average molecular weight is 339 g/mol. The fourth-order valence-corrected chi connectivity index (χ4v) is 3.09. The molecule has 1 aromatic heterocycles. The van der Waals surface area contributed by atoms with Crippen LogP contribution >= 0.6 is 11.3 Å². The van der Waals surface area contributed by atoms with E-state index in [0.717, 1.165) is 5.56 Å². The number of aryl methyl sites for hydroxylation is 1. The first kappa shape index (κ1) is 17.6. The summed E-state index contributed by atoms with van der Waals surface area (Å²) in [6.45, 7) is 5.74. The highest BCUT2D eigenvalue weighted by Gasteiger charge is 2.15. The summed E-state index contributed by atoms with van der Waals surface area (Å²) in [5, 5.41) is 11.6. The Hall–Kier alpha value is -2.78. The Labute approximate surface area is 144 Å². The third-order valence-corrected chi connectivity index (χ3v) is 4.26. The van der Waals surface area contributed by atoms with Crippen molar-refractivity contribution in [3.8, 4) is 6.07 Å². The number of rotatable bonds is 5. The van der Waals surface area contributed by atoms with Gasteiger partial charge in [0.25, 0.3) is 0 Å². The van der Waals surface area contributed by atoms with Crippen LogP contribution in [0.1, 0.15) is 35.5 Å². The Morgan fingerprint density at radius 3 is 2.75 bits per heavy atom. The molecular weight excluding hydrogens is 322 g/mol. The number of allylic oxidation sites excluding steroid dienone is 1. The topological polar surface area (TPSA) is 74.1 Å². The van der Waals surface area contributed by atoms with Gasteiger partial charge in [0.15, 0.2) is 5.13 Å². The summed E-state index contributed by atoms with van der Waals surface area (Å²) in [5.74, 6) is -0.437. The molecule has 0 N–H and O–H groups in total. The molecule has 0 aliphatic rings. The summed E-state index contributed by atoms with van der Waals surface area (Å²) in [7, 11) is 0. The van der Waals surface area contributed by atoms with E-state index in [-0.39, 0.29) is 17.3 Å². The van der Waals surface area contributed by atoms with Gasteiger partial charge in [-0.05, 0) is 26.0 Å². The summed E-state index contributed by atoms with van der Waals surface area (Å²) < 4.78 is 0. The van der Waals surface area contributed by atoms with Crippen molar-refractivity contribution < 1.29 is 9.59 Å². The Morgan fingerprint density at radius 1 is 1.42 bits per heavy atom. The lowest BCUT2D eigenvalue weighted by atomic mass is 10.0. The predicted molar refractivity (Wildman–Crippen MR) is 94.9 cm³/mol. The highest BCUT2D eigenvalue weighted by atomic mass is 32.1. The molecule has 0 atom stereocenters. The molecule has 1 heterocycles. The average Bonchev–Trinajstić information content (AvgIpc) is 3.00. The number of benzene rings is 1. The second-order valence-electron chi connectivity index (χ2n) is 5.19. The molecule has 122 valence electrons. The minimum Gasteiger partial charge on any atom is -0.289 e. The Bertz CT molecular complexity index is 846. The SMILES string of the molecule is CCN(C(C)=O)c1nc(/C=C(\C#N)C(=O)c2cccc(C)c2)cs1. The summed E-state index contributed by atoms with van der Waals surface area (Å²) in [5.41, 5.74) is 1.93. The molecule has 1 aromatic carbocycles. The molecule has 2 aromatic rings. The number of carbonyl (C=O) groups is 2. The lowest BCUT2D eigenvalue weighted by Crippen LogP contribution is -2.27. The molecule has 0 saturated heterocycles. The molecular formula is C18H17N3O2S. The minimum atomic E-state index is -0.338. The van der Waals surface area contributed by atoms with Crippen LogP contribution in [0.25, 0.3) is 6.08 Å².